The van der Waals surface area contributed by atoms with Gasteiger partial charge in [-0.05, 0) is 67.4 Å². The third-order valence-corrected chi connectivity index (χ3v) is 16.1. The van der Waals surface area contributed by atoms with Gasteiger partial charge < -0.3 is 14.8 Å². The fourth-order valence-corrected chi connectivity index (χ4v) is 12.5. The monoisotopic (exact) mass is 643 g/mol. The van der Waals surface area contributed by atoms with Crippen molar-refractivity contribution in [3.63, 3.8) is 0 Å². The van der Waals surface area contributed by atoms with E-state index in [9.17, 15) is 0 Å². The van der Waals surface area contributed by atoms with Crippen LogP contribution in [-0.4, -0.2) is 56.7 Å². The van der Waals surface area contributed by atoms with E-state index >= 15 is 0 Å². The molecule has 5 rings (SSSR count). The Kier molecular flexibility index (Phi) is 10.5. The zero-order valence-electron chi connectivity index (χ0n) is 29.5. The molecule has 4 heterocycles. The SMILES string of the molecule is Cc1cc(OCC(C)NCc2c(-c3ccc4c(c3)c(C#C[Si](C(C)C)(C(C)C)C(C)C)nn4C3CCCCO3)cnn2C)n(C)n1. The van der Waals surface area contributed by atoms with E-state index < -0.39 is 8.07 Å². The van der Waals surface area contributed by atoms with Gasteiger partial charge in [-0.25, -0.2) is 9.36 Å². The van der Waals surface area contributed by atoms with Gasteiger partial charge in [0.2, 0.25) is 5.88 Å². The topological polar surface area (TPSA) is 84.0 Å². The van der Waals surface area contributed by atoms with Crippen molar-refractivity contribution in [2.24, 2.45) is 14.1 Å². The van der Waals surface area contributed by atoms with Crippen molar-refractivity contribution in [1.82, 2.24) is 34.7 Å². The zero-order valence-corrected chi connectivity index (χ0v) is 30.5. The molecule has 1 aliphatic rings. The molecule has 0 spiro atoms. The number of aromatic nitrogens is 6. The number of nitrogens with one attached hydrogen (secondary N) is 1. The minimum Gasteiger partial charge on any atom is -0.476 e. The first-order valence-corrected chi connectivity index (χ1v) is 19.2. The quantitative estimate of drug-likeness (QED) is 0.136. The Morgan fingerprint density at radius 1 is 1.00 bits per heavy atom. The summed E-state index contributed by atoms with van der Waals surface area (Å²) in [7, 11) is 1.96. The summed E-state index contributed by atoms with van der Waals surface area (Å²) < 4.78 is 18.1. The minimum atomic E-state index is -1.94. The highest BCUT2D eigenvalue weighted by Crippen LogP contribution is 2.41. The molecule has 248 valence electrons. The molecule has 0 aliphatic carbocycles. The summed E-state index contributed by atoms with van der Waals surface area (Å²) in [6.07, 6.45) is 5.12. The maximum absolute atomic E-state index is 6.22. The van der Waals surface area contributed by atoms with Crippen molar-refractivity contribution < 1.29 is 9.47 Å². The molecular formula is C36H53N7O2Si. The fourth-order valence-electron chi connectivity index (χ4n) is 7.31. The number of hydrogen-bond donors (Lipinski definition) is 1. The maximum atomic E-state index is 6.22. The van der Waals surface area contributed by atoms with Crippen molar-refractivity contribution in [2.75, 3.05) is 13.2 Å². The Labute approximate surface area is 276 Å². The number of rotatable bonds is 11. The molecule has 10 heteroatoms. The molecule has 0 saturated carbocycles. The van der Waals surface area contributed by atoms with Crippen LogP contribution < -0.4 is 10.1 Å². The molecule has 46 heavy (non-hydrogen) atoms. The van der Waals surface area contributed by atoms with E-state index in [2.05, 4.69) is 98.3 Å². The summed E-state index contributed by atoms with van der Waals surface area (Å²) in [6, 6.07) is 8.72. The summed E-state index contributed by atoms with van der Waals surface area (Å²) in [5.74, 6) is 4.45. The van der Waals surface area contributed by atoms with Crippen LogP contribution in [0, 0.1) is 18.4 Å². The van der Waals surface area contributed by atoms with E-state index in [0.717, 1.165) is 70.9 Å². The molecule has 9 nitrogen and oxygen atoms in total. The number of nitrogens with zero attached hydrogens (tertiary/aromatic N) is 6. The molecule has 4 aromatic rings. The predicted molar refractivity (Wildman–Crippen MR) is 188 cm³/mol. The summed E-state index contributed by atoms with van der Waals surface area (Å²) >= 11 is 0. The highest BCUT2D eigenvalue weighted by atomic mass is 28.3. The lowest BCUT2D eigenvalue weighted by molar-refractivity contribution is -0.0367. The van der Waals surface area contributed by atoms with Crippen LogP contribution in [0.1, 0.15) is 91.0 Å². The van der Waals surface area contributed by atoms with E-state index in [4.69, 9.17) is 14.6 Å². The van der Waals surface area contributed by atoms with E-state index in [1.165, 1.54) is 0 Å². The maximum Gasteiger partial charge on any atom is 0.211 e. The van der Waals surface area contributed by atoms with Crippen molar-refractivity contribution in [1.29, 1.82) is 0 Å². The Bertz CT molecular complexity index is 1680. The molecule has 2 unspecified atom stereocenters. The van der Waals surface area contributed by atoms with Crippen LogP contribution in [0.4, 0.5) is 0 Å². The lowest BCUT2D eigenvalue weighted by atomic mass is 10.0. The Morgan fingerprint density at radius 3 is 2.37 bits per heavy atom. The molecule has 1 fully saturated rings. The lowest BCUT2D eigenvalue weighted by Gasteiger charge is -2.38. The summed E-state index contributed by atoms with van der Waals surface area (Å²) in [5.41, 5.74) is 11.8. The van der Waals surface area contributed by atoms with Crippen LogP contribution in [0.2, 0.25) is 16.6 Å². The fraction of sp³-hybridized carbons (Fsp3) is 0.583. The Hall–Kier alpha value is -3.39. The van der Waals surface area contributed by atoms with E-state index in [-0.39, 0.29) is 12.3 Å². The number of benzene rings is 1. The molecule has 0 bridgehead atoms. The normalized spacial score (nSPS) is 16.4. The van der Waals surface area contributed by atoms with Crippen LogP contribution in [0.15, 0.2) is 30.5 Å². The van der Waals surface area contributed by atoms with E-state index in [1.807, 2.05) is 38.0 Å². The standard InChI is InChI=1S/C36H53N7O2Si/c1-24(2)46(25(3)4,26(5)6)18-16-32-30-20-29(14-15-33(30)43(40-32)35-13-11-12-17-44-35)31-21-38-41(9)34(31)22-37-28(8)23-45-36-19-27(7)39-42(36)10/h14-15,19-21,24-26,28,35,37H,11-13,17,22-23H2,1-10H3. The molecule has 1 saturated heterocycles. The van der Waals surface area contributed by atoms with Crippen molar-refractivity contribution in [3.05, 3.63) is 47.5 Å². The van der Waals surface area contributed by atoms with Gasteiger partial charge in [0, 0.05) is 50.3 Å². The first-order valence-electron chi connectivity index (χ1n) is 17.0. The van der Waals surface area contributed by atoms with Gasteiger partial charge in [0.15, 0.2) is 6.23 Å². The Balaban J connectivity index is 1.48. The number of ether oxygens (including phenoxy) is 2. The average Bonchev–Trinajstić information content (AvgIpc) is 3.68. The van der Waals surface area contributed by atoms with Gasteiger partial charge in [-0.15, -0.1) is 5.54 Å². The average molecular weight is 644 g/mol. The first kappa shape index (κ1) is 34.0. The van der Waals surface area contributed by atoms with Gasteiger partial charge >= 0.3 is 0 Å². The van der Waals surface area contributed by atoms with Crippen LogP contribution in [0.25, 0.3) is 22.0 Å². The van der Waals surface area contributed by atoms with Crippen molar-refractivity contribution in [2.45, 2.75) is 110 Å². The second-order valence-electron chi connectivity index (χ2n) is 14.0. The third-order valence-electron chi connectivity index (χ3n) is 9.83. The van der Waals surface area contributed by atoms with Crippen LogP contribution in [0.5, 0.6) is 5.88 Å². The Morgan fingerprint density at radius 2 is 1.74 bits per heavy atom. The van der Waals surface area contributed by atoms with Crippen LogP contribution in [0.3, 0.4) is 0 Å². The molecule has 0 amide bonds. The lowest BCUT2D eigenvalue weighted by Crippen LogP contribution is -2.43. The molecule has 2 atom stereocenters. The number of aryl methyl sites for hydroxylation is 3. The smallest absolute Gasteiger partial charge is 0.211 e. The number of hydrogen-bond acceptors (Lipinski definition) is 6. The highest BCUT2D eigenvalue weighted by Gasteiger charge is 2.41. The van der Waals surface area contributed by atoms with Crippen LogP contribution >= 0.6 is 0 Å². The first-order chi connectivity index (χ1) is 21.9. The summed E-state index contributed by atoms with van der Waals surface area (Å²) in [4.78, 5) is 0. The largest absolute Gasteiger partial charge is 0.476 e. The van der Waals surface area contributed by atoms with Crippen LogP contribution in [-0.2, 0) is 25.4 Å². The van der Waals surface area contributed by atoms with Crippen molar-refractivity contribution in [3.8, 4) is 28.5 Å². The van der Waals surface area contributed by atoms with E-state index in [1.54, 1.807) is 4.68 Å². The molecule has 1 aliphatic heterocycles. The number of fused-ring (bicyclic) bond motifs is 1. The van der Waals surface area contributed by atoms with Gasteiger partial charge in [-0.2, -0.15) is 15.3 Å². The van der Waals surface area contributed by atoms with Crippen molar-refractivity contribution >= 4 is 19.0 Å². The molecule has 1 N–H and O–H groups in total. The second kappa shape index (κ2) is 14.2. The second-order valence-corrected chi connectivity index (χ2v) is 19.5. The third kappa shape index (κ3) is 6.83. The summed E-state index contributed by atoms with van der Waals surface area (Å²) in [6.45, 7) is 20.2. The van der Waals surface area contributed by atoms with Gasteiger partial charge in [-0.3, -0.25) is 4.68 Å². The van der Waals surface area contributed by atoms with Gasteiger partial charge in [-0.1, -0.05) is 53.5 Å². The molecule has 0 radical (unpaired) electrons. The molecule has 1 aromatic carbocycles. The zero-order chi connectivity index (χ0) is 33.2. The molecular weight excluding hydrogens is 591 g/mol. The molecule has 3 aromatic heterocycles. The minimum absolute atomic E-state index is 0.0583. The summed E-state index contributed by atoms with van der Waals surface area (Å²) in [5, 5.41) is 18.9. The predicted octanol–water partition coefficient (Wildman–Crippen LogP) is 7.30. The van der Waals surface area contributed by atoms with Gasteiger partial charge in [0.1, 0.15) is 20.4 Å². The van der Waals surface area contributed by atoms with E-state index in [0.29, 0.717) is 29.8 Å². The van der Waals surface area contributed by atoms with Gasteiger partial charge in [0.05, 0.1) is 23.1 Å². The van der Waals surface area contributed by atoms with Gasteiger partial charge in [0.25, 0.3) is 0 Å². The highest BCUT2D eigenvalue weighted by molar-refractivity contribution is 6.90.